The monoisotopic (exact) mass is 260 g/mol. The van der Waals surface area contributed by atoms with Gasteiger partial charge in [0.15, 0.2) is 0 Å². The van der Waals surface area contributed by atoms with Crippen LogP contribution in [0.25, 0.3) is 0 Å². The predicted octanol–water partition coefficient (Wildman–Crippen LogP) is 2.64. The molecule has 0 unspecified atom stereocenters. The first-order chi connectivity index (χ1) is 8.43. The van der Waals surface area contributed by atoms with Crippen molar-refractivity contribution < 1.29 is 18.0 Å². The molecule has 0 fully saturated rings. The second-order valence-corrected chi connectivity index (χ2v) is 3.78. The lowest BCUT2D eigenvalue weighted by molar-refractivity contribution is -0.137. The summed E-state index contributed by atoms with van der Waals surface area (Å²) in [5, 5.41) is 5.41. The van der Waals surface area contributed by atoms with E-state index in [-0.39, 0.29) is 12.5 Å². The highest BCUT2D eigenvalue weighted by molar-refractivity contribution is 5.80. The molecule has 1 amide bonds. The smallest absolute Gasteiger partial charge is 0.376 e. The Labute approximate surface area is 103 Å². The number of anilines is 1. The summed E-state index contributed by atoms with van der Waals surface area (Å²) >= 11 is 0. The highest BCUT2D eigenvalue weighted by atomic mass is 19.4. The SMILES string of the molecule is CCCNC(=O)CNc1ccc(C(F)(F)F)cc1. The molecule has 0 bridgehead atoms. The summed E-state index contributed by atoms with van der Waals surface area (Å²) < 4.78 is 36.9. The summed E-state index contributed by atoms with van der Waals surface area (Å²) in [6.45, 7) is 2.57. The Morgan fingerprint density at radius 3 is 2.33 bits per heavy atom. The highest BCUT2D eigenvalue weighted by Gasteiger charge is 2.29. The zero-order valence-electron chi connectivity index (χ0n) is 9.97. The molecule has 1 aromatic carbocycles. The van der Waals surface area contributed by atoms with Crippen LogP contribution in [0.1, 0.15) is 18.9 Å². The van der Waals surface area contributed by atoms with Gasteiger partial charge in [-0.2, -0.15) is 13.2 Å². The largest absolute Gasteiger partial charge is 0.416 e. The molecule has 0 saturated carbocycles. The molecular formula is C12H15F3N2O. The van der Waals surface area contributed by atoms with Gasteiger partial charge in [0.1, 0.15) is 0 Å². The third-order valence-electron chi connectivity index (χ3n) is 2.24. The Balaban J connectivity index is 2.47. The molecule has 18 heavy (non-hydrogen) atoms. The number of carbonyl (C=O) groups excluding carboxylic acids is 1. The van der Waals surface area contributed by atoms with E-state index in [9.17, 15) is 18.0 Å². The lowest BCUT2D eigenvalue weighted by Crippen LogP contribution is -2.30. The summed E-state index contributed by atoms with van der Waals surface area (Å²) in [4.78, 5) is 11.2. The molecule has 0 atom stereocenters. The molecule has 0 aliphatic heterocycles. The Bertz CT molecular complexity index is 387. The molecule has 3 nitrogen and oxygen atoms in total. The number of hydrogen-bond donors (Lipinski definition) is 2. The van der Waals surface area contributed by atoms with E-state index < -0.39 is 11.7 Å². The highest BCUT2D eigenvalue weighted by Crippen LogP contribution is 2.29. The maximum Gasteiger partial charge on any atom is 0.416 e. The Morgan fingerprint density at radius 1 is 1.22 bits per heavy atom. The van der Waals surface area contributed by atoms with Crippen molar-refractivity contribution in [3.8, 4) is 0 Å². The summed E-state index contributed by atoms with van der Waals surface area (Å²) in [5.74, 6) is -0.184. The number of alkyl halides is 3. The topological polar surface area (TPSA) is 41.1 Å². The summed E-state index contributed by atoms with van der Waals surface area (Å²) in [6.07, 6.45) is -3.50. The van der Waals surface area contributed by atoms with E-state index in [0.717, 1.165) is 18.6 Å². The van der Waals surface area contributed by atoms with Crippen molar-refractivity contribution in [3.63, 3.8) is 0 Å². The summed E-state index contributed by atoms with van der Waals surface area (Å²) in [5.41, 5.74) is -0.224. The molecule has 1 rings (SSSR count). The van der Waals surface area contributed by atoms with E-state index in [0.29, 0.717) is 12.2 Å². The van der Waals surface area contributed by atoms with Gasteiger partial charge in [0.05, 0.1) is 12.1 Å². The molecule has 0 saturated heterocycles. The molecule has 0 aromatic heterocycles. The minimum absolute atomic E-state index is 0.0470. The standard InChI is InChI=1S/C12H15F3N2O/c1-2-7-16-11(18)8-17-10-5-3-9(4-6-10)12(13,14)15/h3-6,17H,2,7-8H2,1H3,(H,16,18). The molecule has 2 N–H and O–H groups in total. The lowest BCUT2D eigenvalue weighted by atomic mass is 10.2. The van der Waals surface area contributed by atoms with Gasteiger partial charge in [0.2, 0.25) is 5.91 Å². The number of hydrogen-bond acceptors (Lipinski definition) is 2. The van der Waals surface area contributed by atoms with E-state index >= 15 is 0 Å². The first-order valence-corrected chi connectivity index (χ1v) is 5.61. The van der Waals surface area contributed by atoms with Crippen LogP contribution in [-0.4, -0.2) is 19.0 Å². The number of carbonyl (C=O) groups is 1. The summed E-state index contributed by atoms with van der Waals surface area (Å²) in [6, 6.07) is 4.56. The van der Waals surface area contributed by atoms with Crippen molar-refractivity contribution in [2.75, 3.05) is 18.4 Å². The summed E-state index contributed by atoms with van der Waals surface area (Å²) in [7, 11) is 0. The van der Waals surface area contributed by atoms with Crippen molar-refractivity contribution in [1.82, 2.24) is 5.32 Å². The Hall–Kier alpha value is -1.72. The predicted molar refractivity (Wildman–Crippen MR) is 63.2 cm³/mol. The second-order valence-electron chi connectivity index (χ2n) is 3.78. The van der Waals surface area contributed by atoms with Gasteiger partial charge in [-0.15, -0.1) is 0 Å². The van der Waals surface area contributed by atoms with Crippen LogP contribution in [-0.2, 0) is 11.0 Å². The normalized spacial score (nSPS) is 11.1. The maximum absolute atomic E-state index is 12.3. The minimum atomic E-state index is -4.34. The zero-order chi connectivity index (χ0) is 13.6. The van der Waals surface area contributed by atoms with Gasteiger partial charge >= 0.3 is 6.18 Å². The van der Waals surface area contributed by atoms with Crippen LogP contribution in [0.5, 0.6) is 0 Å². The molecule has 0 spiro atoms. The molecular weight excluding hydrogens is 245 g/mol. The zero-order valence-corrected chi connectivity index (χ0v) is 9.97. The van der Waals surface area contributed by atoms with Crippen LogP contribution in [0.4, 0.5) is 18.9 Å². The maximum atomic E-state index is 12.3. The third-order valence-corrected chi connectivity index (χ3v) is 2.24. The molecule has 6 heteroatoms. The number of rotatable bonds is 5. The first kappa shape index (κ1) is 14.3. The third kappa shape index (κ3) is 4.65. The lowest BCUT2D eigenvalue weighted by Gasteiger charge is -2.09. The molecule has 0 heterocycles. The van der Waals surface area contributed by atoms with Crippen LogP contribution in [0.3, 0.4) is 0 Å². The molecule has 1 aromatic rings. The van der Waals surface area contributed by atoms with E-state index in [4.69, 9.17) is 0 Å². The van der Waals surface area contributed by atoms with Gasteiger partial charge in [0, 0.05) is 12.2 Å². The number of nitrogens with one attached hydrogen (secondary N) is 2. The minimum Gasteiger partial charge on any atom is -0.376 e. The molecule has 100 valence electrons. The van der Waals surface area contributed by atoms with Crippen LogP contribution < -0.4 is 10.6 Å². The fourth-order valence-corrected chi connectivity index (χ4v) is 1.29. The molecule has 0 radical (unpaired) electrons. The fourth-order valence-electron chi connectivity index (χ4n) is 1.29. The second kappa shape index (κ2) is 6.28. The van der Waals surface area contributed by atoms with Crippen LogP contribution in [0.2, 0.25) is 0 Å². The van der Waals surface area contributed by atoms with Crippen molar-refractivity contribution >= 4 is 11.6 Å². The van der Waals surface area contributed by atoms with Gasteiger partial charge in [-0.1, -0.05) is 6.92 Å². The van der Waals surface area contributed by atoms with Gasteiger partial charge in [-0.25, -0.2) is 0 Å². The van der Waals surface area contributed by atoms with Crippen molar-refractivity contribution in [1.29, 1.82) is 0 Å². The van der Waals surface area contributed by atoms with E-state index in [1.807, 2.05) is 6.92 Å². The van der Waals surface area contributed by atoms with Crippen LogP contribution in [0, 0.1) is 0 Å². The fraction of sp³-hybridized carbons (Fsp3) is 0.417. The number of amides is 1. The van der Waals surface area contributed by atoms with Crippen molar-refractivity contribution in [3.05, 3.63) is 29.8 Å². The van der Waals surface area contributed by atoms with Gasteiger partial charge in [-0.05, 0) is 30.7 Å². The average molecular weight is 260 g/mol. The number of benzene rings is 1. The molecule has 0 aliphatic carbocycles. The van der Waals surface area contributed by atoms with Crippen LogP contribution in [0.15, 0.2) is 24.3 Å². The Morgan fingerprint density at radius 2 is 1.83 bits per heavy atom. The first-order valence-electron chi connectivity index (χ1n) is 5.61. The van der Waals surface area contributed by atoms with Crippen LogP contribution >= 0.6 is 0 Å². The quantitative estimate of drug-likeness (QED) is 0.854. The molecule has 0 aliphatic rings. The van der Waals surface area contributed by atoms with E-state index in [1.165, 1.54) is 12.1 Å². The van der Waals surface area contributed by atoms with Gasteiger partial charge in [-0.3, -0.25) is 4.79 Å². The van der Waals surface area contributed by atoms with Crippen molar-refractivity contribution in [2.24, 2.45) is 0 Å². The van der Waals surface area contributed by atoms with Gasteiger partial charge < -0.3 is 10.6 Å². The van der Waals surface area contributed by atoms with Gasteiger partial charge in [0.25, 0.3) is 0 Å². The average Bonchev–Trinajstić information content (AvgIpc) is 2.33. The number of halogens is 3. The van der Waals surface area contributed by atoms with E-state index in [1.54, 1.807) is 0 Å². The van der Waals surface area contributed by atoms with Crippen molar-refractivity contribution in [2.45, 2.75) is 19.5 Å². The van der Waals surface area contributed by atoms with E-state index in [2.05, 4.69) is 10.6 Å². The Kier molecular flexibility index (Phi) is 5.00.